The van der Waals surface area contributed by atoms with Crippen LogP contribution in [0.5, 0.6) is 0 Å². The molecule has 1 rings (SSSR count). The third kappa shape index (κ3) is 4.97. The van der Waals surface area contributed by atoms with E-state index < -0.39 is 0 Å². The predicted molar refractivity (Wildman–Crippen MR) is 76.4 cm³/mol. The zero-order valence-electron chi connectivity index (χ0n) is 12.6. The Kier molecular flexibility index (Phi) is 6.13. The SMILES string of the molecule is CC(C)CNC(=O)C(C)NC1CCC(C)C(C)C1. The van der Waals surface area contributed by atoms with Crippen LogP contribution in [0.3, 0.4) is 0 Å². The second-order valence-corrected chi connectivity index (χ2v) is 6.49. The molecule has 106 valence electrons. The molecule has 0 bridgehead atoms. The molecule has 1 saturated carbocycles. The van der Waals surface area contributed by atoms with Gasteiger partial charge in [-0.15, -0.1) is 0 Å². The van der Waals surface area contributed by atoms with Gasteiger partial charge in [-0.2, -0.15) is 0 Å². The number of carbonyl (C=O) groups is 1. The molecule has 0 saturated heterocycles. The minimum Gasteiger partial charge on any atom is -0.354 e. The summed E-state index contributed by atoms with van der Waals surface area (Å²) in [5, 5.41) is 6.47. The lowest BCUT2D eigenvalue weighted by Crippen LogP contribution is -2.49. The van der Waals surface area contributed by atoms with Gasteiger partial charge in [0.1, 0.15) is 0 Å². The Bertz CT molecular complexity index is 265. The molecule has 4 atom stereocenters. The highest BCUT2D eigenvalue weighted by atomic mass is 16.2. The summed E-state index contributed by atoms with van der Waals surface area (Å²) in [5.41, 5.74) is 0. The normalized spacial score (nSPS) is 30.2. The fraction of sp³-hybridized carbons (Fsp3) is 0.933. The van der Waals surface area contributed by atoms with Crippen molar-refractivity contribution >= 4 is 5.91 Å². The Morgan fingerprint density at radius 3 is 2.39 bits per heavy atom. The Morgan fingerprint density at radius 2 is 1.83 bits per heavy atom. The molecule has 1 aliphatic carbocycles. The monoisotopic (exact) mass is 254 g/mol. The number of hydrogen-bond donors (Lipinski definition) is 2. The Morgan fingerprint density at radius 1 is 1.17 bits per heavy atom. The van der Waals surface area contributed by atoms with Gasteiger partial charge in [-0.25, -0.2) is 0 Å². The summed E-state index contributed by atoms with van der Waals surface area (Å²) < 4.78 is 0. The van der Waals surface area contributed by atoms with Crippen molar-refractivity contribution in [3.05, 3.63) is 0 Å². The van der Waals surface area contributed by atoms with Gasteiger partial charge in [0.2, 0.25) is 5.91 Å². The predicted octanol–water partition coefficient (Wildman–Crippen LogP) is 2.56. The molecule has 0 aliphatic heterocycles. The molecule has 1 aliphatic rings. The van der Waals surface area contributed by atoms with Crippen LogP contribution >= 0.6 is 0 Å². The molecule has 0 aromatic rings. The molecule has 3 heteroatoms. The number of rotatable bonds is 5. The third-order valence-corrected chi connectivity index (χ3v) is 4.16. The van der Waals surface area contributed by atoms with E-state index in [1.165, 1.54) is 19.3 Å². The van der Waals surface area contributed by atoms with Gasteiger partial charge in [0.05, 0.1) is 6.04 Å². The van der Waals surface area contributed by atoms with E-state index >= 15 is 0 Å². The van der Waals surface area contributed by atoms with Crippen LogP contribution < -0.4 is 10.6 Å². The molecule has 1 fully saturated rings. The van der Waals surface area contributed by atoms with Crippen LogP contribution in [-0.4, -0.2) is 24.5 Å². The van der Waals surface area contributed by atoms with Gasteiger partial charge in [-0.3, -0.25) is 4.79 Å². The van der Waals surface area contributed by atoms with Crippen molar-refractivity contribution in [2.24, 2.45) is 17.8 Å². The van der Waals surface area contributed by atoms with E-state index in [1.54, 1.807) is 0 Å². The Labute approximate surface area is 112 Å². The molecule has 1 amide bonds. The summed E-state index contributed by atoms with van der Waals surface area (Å²) in [4.78, 5) is 11.9. The maximum atomic E-state index is 11.9. The molecule has 4 unspecified atom stereocenters. The van der Waals surface area contributed by atoms with Crippen LogP contribution in [0.1, 0.15) is 53.9 Å². The number of nitrogens with one attached hydrogen (secondary N) is 2. The molecular weight excluding hydrogens is 224 g/mol. The van der Waals surface area contributed by atoms with E-state index in [9.17, 15) is 4.79 Å². The highest BCUT2D eigenvalue weighted by molar-refractivity contribution is 5.81. The first-order chi connectivity index (χ1) is 8.40. The molecule has 0 spiro atoms. The summed E-state index contributed by atoms with van der Waals surface area (Å²) in [6, 6.07) is 0.436. The smallest absolute Gasteiger partial charge is 0.236 e. The van der Waals surface area contributed by atoms with Gasteiger partial charge in [0.15, 0.2) is 0 Å². The van der Waals surface area contributed by atoms with E-state index in [2.05, 4.69) is 38.3 Å². The lowest BCUT2D eigenvalue weighted by Gasteiger charge is -2.34. The zero-order chi connectivity index (χ0) is 13.7. The van der Waals surface area contributed by atoms with E-state index in [4.69, 9.17) is 0 Å². The van der Waals surface area contributed by atoms with Crippen molar-refractivity contribution in [1.82, 2.24) is 10.6 Å². The average molecular weight is 254 g/mol. The largest absolute Gasteiger partial charge is 0.354 e. The van der Waals surface area contributed by atoms with Gasteiger partial charge < -0.3 is 10.6 Å². The number of carbonyl (C=O) groups excluding carboxylic acids is 1. The van der Waals surface area contributed by atoms with Crippen molar-refractivity contribution < 1.29 is 4.79 Å². The van der Waals surface area contributed by atoms with Crippen molar-refractivity contribution in [1.29, 1.82) is 0 Å². The molecule has 0 radical (unpaired) electrons. The fourth-order valence-electron chi connectivity index (χ4n) is 2.59. The Hall–Kier alpha value is -0.570. The van der Waals surface area contributed by atoms with Crippen molar-refractivity contribution in [2.75, 3.05) is 6.54 Å². The van der Waals surface area contributed by atoms with Crippen molar-refractivity contribution in [3.63, 3.8) is 0 Å². The topological polar surface area (TPSA) is 41.1 Å². The maximum Gasteiger partial charge on any atom is 0.236 e. The van der Waals surface area contributed by atoms with Crippen LogP contribution in [0.25, 0.3) is 0 Å². The van der Waals surface area contributed by atoms with Crippen LogP contribution in [0.2, 0.25) is 0 Å². The summed E-state index contributed by atoms with van der Waals surface area (Å²) >= 11 is 0. The first-order valence-electron chi connectivity index (χ1n) is 7.44. The van der Waals surface area contributed by atoms with E-state index in [0.29, 0.717) is 12.0 Å². The number of hydrogen-bond acceptors (Lipinski definition) is 2. The highest BCUT2D eigenvalue weighted by Crippen LogP contribution is 2.29. The maximum absolute atomic E-state index is 11.9. The van der Waals surface area contributed by atoms with E-state index in [0.717, 1.165) is 18.4 Å². The van der Waals surface area contributed by atoms with Crippen molar-refractivity contribution in [2.45, 2.75) is 66.0 Å². The zero-order valence-corrected chi connectivity index (χ0v) is 12.6. The summed E-state index contributed by atoms with van der Waals surface area (Å²) in [5.74, 6) is 2.24. The van der Waals surface area contributed by atoms with Gasteiger partial charge in [0.25, 0.3) is 0 Å². The van der Waals surface area contributed by atoms with Crippen LogP contribution in [0.4, 0.5) is 0 Å². The lowest BCUT2D eigenvalue weighted by molar-refractivity contribution is -0.123. The van der Waals surface area contributed by atoms with Gasteiger partial charge in [-0.05, 0) is 43.9 Å². The van der Waals surface area contributed by atoms with Crippen LogP contribution in [-0.2, 0) is 4.79 Å². The quantitative estimate of drug-likeness (QED) is 0.791. The molecular formula is C15H30N2O. The van der Waals surface area contributed by atoms with Gasteiger partial charge >= 0.3 is 0 Å². The first-order valence-corrected chi connectivity index (χ1v) is 7.44. The van der Waals surface area contributed by atoms with Gasteiger partial charge in [-0.1, -0.05) is 27.7 Å². The number of amides is 1. The van der Waals surface area contributed by atoms with E-state index in [1.807, 2.05) is 6.92 Å². The minimum absolute atomic E-state index is 0.0747. The van der Waals surface area contributed by atoms with E-state index in [-0.39, 0.29) is 11.9 Å². The second kappa shape index (κ2) is 7.13. The van der Waals surface area contributed by atoms with Crippen molar-refractivity contribution in [3.8, 4) is 0 Å². The van der Waals surface area contributed by atoms with Crippen LogP contribution in [0.15, 0.2) is 0 Å². The molecule has 0 heterocycles. The molecule has 2 N–H and O–H groups in total. The summed E-state index contributed by atoms with van der Waals surface area (Å²) in [6.45, 7) is 11.6. The van der Waals surface area contributed by atoms with Gasteiger partial charge in [0, 0.05) is 12.6 Å². The molecule has 0 aromatic heterocycles. The summed E-state index contributed by atoms with van der Waals surface area (Å²) in [7, 11) is 0. The molecule has 0 aromatic carbocycles. The second-order valence-electron chi connectivity index (χ2n) is 6.49. The lowest BCUT2D eigenvalue weighted by atomic mass is 9.79. The average Bonchev–Trinajstić information content (AvgIpc) is 2.30. The third-order valence-electron chi connectivity index (χ3n) is 4.16. The molecule has 18 heavy (non-hydrogen) atoms. The first kappa shape index (κ1) is 15.5. The standard InChI is InChI=1S/C15H30N2O/c1-10(2)9-16-15(18)13(5)17-14-7-6-11(3)12(4)8-14/h10-14,17H,6-9H2,1-5H3,(H,16,18). The fourth-order valence-corrected chi connectivity index (χ4v) is 2.59. The highest BCUT2D eigenvalue weighted by Gasteiger charge is 2.26. The molecule has 3 nitrogen and oxygen atoms in total. The van der Waals surface area contributed by atoms with Crippen LogP contribution in [0, 0.1) is 17.8 Å². The summed E-state index contributed by atoms with van der Waals surface area (Å²) in [6.07, 6.45) is 3.68. The minimum atomic E-state index is -0.0747. The Balaban J connectivity index is 2.31.